The predicted molar refractivity (Wildman–Crippen MR) is 131 cm³/mol. The van der Waals surface area contributed by atoms with Gasteiger partial charge in [0.25, 0.3) is 5.91 Å². The summed E-state index contributed by atoms with van der Waals surface area (Å²) in [6.07, 6.45) is 0.848. The third-order valence-electron chi connectivity index (χ3n) is 6.66. The van der Waals surface area contributed by atoms with Gasteiger partial charge in [0.2, 0.25) is 5.91 Å². The second-order valence-corrected chi connectivity index (χ2v) is 9.62. The highest BCUT2D eigenvalue weighted by molar-refractivity contribution is 6.11. The number of anilines is 1. The molecule has 0 aromatic heterocycles. The van der Waals surface area contributed by atoms with E-state index in [-0.39, 0.29) is 29.1 Å². The van der Waals surface area contributed by atoms with Crippen molar-refractivity contribution in [3.8, 4) is 17.2 Å². The zero-order chi connectivity index (χ0) is 25.5. The zero-order valence-corrected chi connectivity index (χ0v) is 20.6. The molecule has 2 aromatic rings. The molecule has 8 nitrogen and oxygen atoms in total. The number of methoxy groups -OCH3 is 3. The Balaban J connectivity index is 1.98. The lowest BCUT2D eigenvalue weighted by Crippen LogP contribution is -2.44. The molecule has 2 aromatic carbocycles. The number of Topliss-reactive ketones (excluding diaryl/α,β-unsaturated/α-hetero) is 1. The summed E-state index contributed by atoms with van der Waals surface area (Å²) in [5.41, 5.74) is 7.70. The molecule has 8 heteroatoms. The molecule has 2 N–H and O–H groups in total. The number of carbonyl (C=O) groups is 3. The SMILES string of the molecule is COc1cc(OC)c(C2CC(=O)N(c3ccccc3C(N)=O)C3=C2C(=O)CC(C)(C)C3)cc1OC. The van der Waals surface area contributed by atoms with E-state index in [0.29, 0.717) is 52.6 Å². The Bertz CT molecular complexity index is 1250. The Morgan fingerprint density at radius 3 is 2.23 bits per heavy atom. The summed E-state index contributed by atoms with van der Waals surface area (Å²) in [5, 5.41) is 0. The summed E-state index contributed by atoms with van der Waals surface area (Å²) in [5.74, 6) is 0.0156. The Morgan fingerprint density at radius 2 is 1.60 bits per heavy atom. The molecule has 2 amide bonds. The molecule has 2 aliphatic rings. The average Bonchev–Trinajstić information content (AvgIpc) is 2.81. The largest absolute Gasteiger partial charge is 0.496 e. The van der Waals surface area contributed by atoms with Crippen molar-refractivity contribution < 1.29 is 28.6 Å². The molecular formula is C27H30N2O6. The Labute approximate surface area is 204 Å². The lowest BCUT2D eigenvalue weighted by Gasteiger charge is -2.43. The fourth-order valence-electron chi connectivity index (χ4n) is 5.16. The molecule has 0 fully saturated rings. The first-order valence-corrected chi connectivity index (χ1v) is 11.4. The van der Waals surface area contributed by atoms with E-state index in [2.05, 4.69) is 0 Å². The van der Waals surface area contributed by atoms with Crippen LogP contribution in [0.2, 0.25) is 0 Å². The molecule has 1 atom stereocenters. The van der Waals surface area contributed by atoms with Gasteiger partial charge in [0.15, 0.2) is 17.3 Å². The number of ketones is 1. The molecular weight excluding hydrogens is 448 g/mol. The van der Waals surface area contributed by atoms with Crippen molar-refractivity contribution in [3.05, 3.63) is 58.8 Å². The summed E-state index contributed by atoms with van der Waals surface area (Å²) in [4.78, 5) is 41.1. The van der Waals surface area contributed by atoms with Gasteiger partial charge in [-0.05, 0) is 30.0 Å². The minimum atomic E-state index is -0.638. The predicted octanol–water partition coefficient (Wildman–Crippen LogP) is 3.98. The minimum Gasteiger partial charge on any atom is -0.496 e. The smallest absolute Gasteiger partial charge is 0.250 e. The summed E-state index contributed by atoms with van der Waals surface area (Å²) in [7, 11) is 4.59. The van der Waals surface area contributed by atoms with Gasteiger partial charge < -0.3 is 19.9 Å². The van der Waals surface area contributed by atoms with Gasteiger partial charge in [-0.1, -0.05) is 26.0 Å². The first kappa shape index (κ1) is 24.3. The number of ether oxygens (including phenoxy) is 3. The normalized spacial score (nSPS) is 19.3. The van der Waals surface area contributed by atoms with E-state index in [9.17, 15) is 14.4 Å². The zero-order valence-electron chi connectivity index (χ0n) is 20.6. The maximum absolute atomic E-state index is 13.7. The number of benzene rings is 2. The van der Waals surface area contributed by atoms with Crippen molar-refractivity contribution in [2.24, 2.45) is 11.1 Å². The first-order chi connectivity index (χ1) is 16.6. The summed E-state index contributed by atoms with van der Waals surface area (Å²) < 4.78 is 16.5. The number of para-hydroxylation sites is 1. The van der Waals surface area contributed by atoms with Gasteiger partial charge in [0.05, 0.1) is 32.6 Å². The number of hydrogen-bond donors (Lipinski definition) is 1. The van der Waals surface area contributed by atoms with Crippen LogP contribution in [0.25, 0.3) is 0 Å². The van der Waals surface area contributed by atoms with Crippen LogP contribution in [-0.2, 0) is 9.59 Å². The van der Waals surface area contributed by atoms with Gasteiger partial charge in [-0.3, -0.25) is 19.3 Å². The van der Waals surface area contributed by atoms with Gasteiger partial charge >= 0.3 is 0 Å². The molecule has 0 spiro atoms. The summed E-state index contributed by atoms with van der Waals surface area (Å²) in [6, 6.07) is 10.2. The molecule has 0 bridgehead atoms. The third kappa shape index (κ3) is 4.24. The van der Waals surface area contributed by atoms with Crippen molar-refractivity contribution in [1.82, 2.24) is 0 Å². The lowest BCUT2D eigenvalue weighted by molar-refractivity contribution is -0.121. The first-order valence-electron chi connectivity index (χ1n) is 11.4. The molecule has 1 heterocycles. The van der Waals surface area contributed by atoms with Crippen LogP contribution in [0.4, 0.5) is 5.69 Å². The standard InChI is InChI=1S/C27H30N2O6/c1-27(2)13-19-25(20(30)14-27)17(16-10-22(34-4)23(35-5)12-21(16)33-3)11-24(31)29(19)18-9-7-6-8-15(18)26(28)32/h6-10,12,17H,11,13-14H2,1-5H3,(H2,28,32). The second-order valence-electron chi connectivity index (χ2n) is 9.62. The number of amides is 2. The van der Waals surface area contributed by atoms with Crippen molar-refractivity contribution in [2.45, 2.75) is 39.0 Å². The van der Waals surface area contributed by atoms with Gasteiger partial charge in [-0.15, -0.1) is 0 Å². The molecule has 1 aliphatic heterocycles. The van der Waals surface area contributed by atoms with E-state index in [1.165, 1.54) is 26.2 Å². The Hall–Kier alpha value is -3.81. The van der Waals surface area contributed by atoms with E-state index in [0.717, 1.165) is 0 Å². The van der Waals surface area contributed by atoms with Crippen LogP contribution in [0, 0.1) is 5.41 Å². The van der Waals surface area contributed by atoms with Crippen LogP contribution in [0.1, 0.15) is 54.9 Å². The lowest BCUT2D eigenvalue weighted by atomic mass is 9.69. The molecule has 1 unspecified atom stereocenters. The van der Waals surface area contributed by atoms with Crippen LogP contribution in [-0.4, -0.2) is 38.9 Å². The molecule has 1 aliphatic carbocycles. The average molecular weight is 479 g/mol. The van der Waals surface area contributed by atoms with Crippen LogP contribution in [0.3, 0.4) is 0 Å². The highest BCUT2D eigenvalue weighted by Crippen LogP contribution is 2.51. The monoisotopic (exact) mass is 478 g/mol. The van der Waals surface area contributed by atoms with Crippen LogP contribution >= 0.6 is 0 Å². The van der Waals surface area contributed by atoms with Gasteiger partial charge in [-0.2, -0.15) is 0 Å². The minimum absolute atomic E-state index is 0.0178. The van der Waals surface area contributed by atoms with E-state index in [4.69, 9.17) is 19.9 Å². The molecule has 35 heavy (non-hydrogen) atoms. The fourth-order valence-corrected chi connectivity index (χ4v) is 5.16. The van der Waals surface area contributed by atoms with E-state index in [1.807, 2.05) is 13.8 Å². The molecule has 0 saturated carbocycles. The highest BCUT2D eigenvalue weighted by Gasteiger charge is 2.45. The number of nitrogens with two attached hydrogens (primary N) is 1. The highest BCUT2D eigenvalue weighted by atomic mass is 16.5. The molecule has 184 valence electrons. The molecule has 0 radical (unpaired) electrons. The number of carbonyl (C=O) groups excluding carboxylic acids is 3. The van der Waals surface area contributed by atoms with E-state index in [1.54, 1.807) is 36.4 Å². The fraction of sp³-hybridized carbons (Fsp3) is 0.370. The quantitative estimate of drug-likeness (QED) is 0.673. The topological polar surface area (TPSA) is 108 Å². The molecule has 4 rings (SSSR count). The van der Waals surface area contributed by atoms with Gasteiger partial charge in [-0.25, -0.2) is 0 Å². The number of primary amides is 1. The van der Waals surface area contributed by atoms with Gasteiger partial charge in [0, 0.05) is 41.7 Å². The van der Waals surface area contributed by atoms with E-state index >= 15 is 0 Å². The maximum Gasteiger partial charge on any atom is 0.250 e. The van der Waals surface area contributed by atoms with E-state index < -0.39 is 11.8 Å². The van der Waals surface area contributed by atoms with Crippen molar-refractivity contribution >= 4 is 23.3 Å². The third-order valence-corrected chi connectivity index (χ3v) is 6.66. The summed E-state index contributed by atoms with van der Waals surface area (Å²) in [6.45, 7) is 4.00. The Kier molecular flexibility index (Phi) is 6.32. The van der Waals surface area contributed by atoms with Crippen molar-refractivity contribution in [1.29, 1.82) is 0 Å². The van der Waals surface area contributed by atoms with Crippen molar-refractivity contribution in [3.63, 3.8) is 0 Å². The Morgan fingerprint density at radius 1 is 0.971 bits per heavy atom. The number of nitrogens with zero attached hydrogens (tertiary/aromatic N) is 1. The summed E-state index contributed by atoms with van der Waals surface area (Å²) >= 11 is 0. The number of allylic oxidation sites excluding steroid dienone is 2. The van der Waals surface area contributed by atoms with Crippen molar-refractivity contribution in [2.75, 3.05) is 26.2 Å². The number of hydrogen-bond acceptors (Lipinski definition) is 6. The number of rotatable bonds is 6. The molecule has 0 saturated heterocycles. The van der Waals surface area contributed by atoms with Crippen LogP contribution < -0.4 is 24.8 Å². The second kappa shape index (κ2) is 9.09. The van der Waals surface area contributed by atoms with Gasteiger partial charge in [0.1, 0.15) is 5.75 Å². The van der Waals surface area contributed by atoms with Crippen LogP contribution in [0.5, 0.6) is 17.2 Å². The van der Waals surface area contributed by atoms with Crippen LogP contribution in [0.15, 0.2) is 47.7 Å². The maximum atomic E-state index is 13.7.